The first-order valence-corrected chi connectivity index (χ1v) is 9.27. The topological polar surface area (TPSA) is 47.0 Å². The third-order valence-corrected chi connectivity index (χ3v) is 4.67. The first-order chi connectivity index (χ1) is 12.8. The largest absolute Gasteiger partial charge is 0.488 e. The molecule has 5 heteroatoms. The Kier molecular flexibility index (Phi) is 4.76. The van der Waals surface area contributed by atoms with Crippen molar-refractivity contribution in [2.75, 3.05) is 11.9 Å². The number of para-hydroxylation sites is 1. The Bertz CT molecular complexity index is 942. The van der Waals surface area contributed by atoms with Gasteiger partial charge in [-0.05, 0) is 30.7 Å². The van der Waals surface area contributed by atoms with E-state index in [1.165, 1.54) is 0 Å². The van der Waals surface area contributed by atoms with Crippen LogP contribution in [0.3, 0.4) is 0 Å². The average molecular weight is 366 g/mol. The molecule has 0 amide bonds. The van der Waals surface area contributed by atoms with Gasteiger partial charge in [0.15, 0.2) is 0 Å². The van der Waals surface area contributed by atoms with Crippen LogP contribution in [0.15, 0.2) is 48.5 Å². The first kappa shape index (κ1) is 16.9. The summed E-state index contributed by atoms with van der Waals surface area (Å²) in [6.45, 7) is 3.46. The fraction of sp³-hybridized carbons (Fsp3) is 0.238. The fourth-order valence-electron chi connectivity index (χ4n) is 3.11. The van der Waals surface area contributed by atoms with E-state index in [0.29, 0.717) is 17.6 Å². The summed E-state index contributed by atoms with van der Waals surface area (Å²) in [5.41, 5.74) is 4.75. The number of benzene rings is 2. The number of nitrogens with zero attached hydrogens (tertiary/aromatic N) is 2. The van der Waals surface area contributed by atoms with Crippen LogP contribution in [0.4, 0.5) is 5.95 Å². The molecule has 4 nitrogen and oxygen atoms in total. The molecule has 0 spiro atoms. The zero-order valence-corrected chi connectivity index (χ0v) is 15.4. The van der Waals surface area contributed by atoms with Crippen LogP contribution < -0.4 is 10.1 Å². The van der Waals surface area contributed by atoms with Crippen molar-refractivity contribution in [3.05, 3.63) is 59.1 Å². The highest BCUT2D eigenvalue weighted by molar-refractivity contribution is 6.30. The molecular formula is C21H20ClN3O. The van der Waals surface area contributed by atoms with Crippen LogP contribution in [0.2, 0.25) is 5.02 Å². The third-order valence-electron chi connectivity index (χ3n) is 4.43. The van der Waals surface area contributed by atoms with Gasteiger partial charge in [0.25, 0.3) is 0 Å². The summed E-state index contributed by atoms with van der Waals surface area (Å²) < 4.78 is 5.95. The number of fused-ring (bicyclic) bond motifs is 3. The SMILES string of the molecule is CCCCNc1nc(-c2cccc(Cl)c2)c2c(n1)-c1ccccc1OC2. The quantitative estimate of drug-likeness (QED) is 0.600. The second-order valence-corrected chi connectivity index (χ2v) is 6.73. The molecule has 0 saturated heterocycles. The molecule has 1 N–H and O–H groups in total. The zero-order valence-electron chi connectivity index (χ0n) is 14.6. The van der Waals surface area contributed by atoms with Crippen LogP contribution in [-0.2, 0) is 6.61 Å². The summed E-state index contributed by atoms with van der Waals surface area (Å²) in [4.78, 5) is 9.58. The van der Waals surface area contributed by atoms with Gasteiger partial charge in [-0.25, -0.2) is 9.97 Å². The van der Waals surface area contributed by atoms with E-state index < -0.39 is 0 Å². The number of ether oxygens (including phenoxy) is 1. The van der Waals surface area contributed by atoms with Crippen molar-refractivity contribution in [1.29, 1.82) is 0 Å². The Labute approximate surface area is 158 Å². The van der Waals surface area contributed by atoms with Gasteiger partial charge in [-0.3, -0.25) is 0 Å². The molecule has 1 aliphatic heterocycles. The normalized spacial score (nSPS) is 12.1. The molecule has 26 heavy (non-hydrogen) atoms. The smallest absolute Gasteiger partial charge is 0.223 e. The van der Waals surface area contributed by atoms with E-state index in [1.807, 2.05) is 48.5 Å². The lowest BCUT2D eigenvalue weighted by molar-refractivity contribution is 0.301. The molecule has 0 saturated carbocycles. The van der Waals surface area contributed by atoms with Crippen molar-refractivity contribution in [2.24, 2.45) is 0 Å². The molecule has 0 aliphatic carbocycles. The Balaban J connectivity index is 1.87. The minimum Gasteiger partial charge on any atom is -0.488 e. The molecule has 2 heterocycles. The number of hydrogen-bond donors (Lipinski definition) is 1. The maximum Gasteiger partial charge on any atom is 0.223 e. The lowest BCUT2D eigenvalue weighted by Gasteiger charge is -2.23. The Hall–Kier alpha value is -2.59. The Morgan fingerprint density at radius 2 is 1.92 bits per heavy atom. The number of aromatic nitrogens is 2. The molecule has 0 atom stereocenters. The van der Waals surface area contributed by atoms with Gasteiger partial charge in [0.2, 0.25) is 5.95 Å². The summed E-state index contributed by atoms with van der Waals surface area (Å²) in [7, 11) is 0. The van der Waals surface area contributed by atoms with Gasteiger partial charge >= 0.3 is 0 Å². The van der Waals surface area contributed by atoms with Gasteiger partial charge in [-0.1, -0.05) is 49.2 Å². The van der Waals surface area contributed by atoms with E-state index in [1.54, 1.807) is 0 Å². The minimum absolute atomic E-state index is 0.448. The Morgan fingerprint density at radius 3 is 2.77 bits per heavy atom. The lowest BCUT2D eigenvalue weighted by Crippen LogP contribution is -2.13. The van der Waals surface area contributed by atoms with Gasteiger partial charge in [0.1, 0.15) is 12.4 Å². The number of unbranched alkanes of at least 4 members (excludes halogenated alkanes) is 1. The van der Waals surface area contributed by atoms with Crippen LogP contribution in [-0.4, -0.2) is 16.5 Å². The monoisotopic (exact) mass is 365 g/mol. The number of anilines is 1. The van der Waals surface area contributed by atoms with Crippen LogP contribution in [0.25, 0.3) is 22.5 Å². The van der Waals surface area contributed by atoms with Gasteiger partial charge < -0.3 is 10.1 Å². The highest BCUT2D eigenvalue weighted by Crippen LogP contribution is 2.40. The van der Waals surface area contributed by atoms with Crippen LogP contribution in [0.5, 0.6) is 5.75 Å². The van der Waals surface area contributed by atoms with Crippen molar-refractivity contribution in [3.8, 4) is 28.3 Å². The summed E-state index contributed by atoms with van der Waals surface area (Å²) in [6.07, 6.45) is 2.20. The number of rotatable bonds is 5. The van der Waals surface area contributed by atoms with Crippen LogP contribution in [0.1, 0.15) is 25.3 Å². The standard InChI is InChI=1S/C21H20ClN3O/c1-2-3-11-23-21-24-19(14-7-6-8-15(22)12-14)17-13-26-18-10-5-4-9-16(18)20(17)25-21/h4-10,12H,2-3,11,13H2,1H3,(H,23,24,25). The summed E-state index contributed by atoms with van der Waals surface area (Å²) in [5, 5.41) is 4.04. The predicted octanol–water partition coefficient (Wildman–Crippen LogP) is 5.57. The third kappa shape index (κ3) is 3.25. The maximum atomic E-state index is 6.21. The number of nitrogens with one attached hydrogen (secondary N) is 1. The molecular weight excluding hydrogens is 346 g/mol. The highest BCUT2D eigenvalue weighted by Gasteiger charge is 2.24. The molecule has 1 aliphatic rings. The minimum atomic E-state index is 0.448. The van der Waals surface area contributed by atoms with Crippen molar-refractivity contribution in [3.63, 3.8) is 0 Å². The summed E-state index contributed by atoms with van der Waals surface area (Å²) in [5.74, 6) is 1.50. The number of hydrogen-bond acceptors (Lipinski definition) is 4. The molecule has 0 unspecified atom stereocenters. The summed E-state index contributed by atoms with van der Waals surface area (Å²) in [6, 6.07) is 15.7. The lowest BCUT2D eigenvalue weighted by atomic mass is 9.98. The van der Waals surface area contributed by atoms with Crippen LogP contribution in [0, 0.1) is 0 Å². The van der Waals surface area contributed by atoms with E-state index in [-0.39, 0.29) is 0 Å². The molecule has 0 fully saturated rings. The highest BCUT2D eigenvalue weighted by atomic mass is 35.5. The molecule has 0 radical (unpaired) electrons. The van der Waals surface area contributed by atoms with Gasteiger partial charge in [0.05, 0.1) is 11.4 Å². The van der Waals surface area contributed by atoms with E-state index in [0.717, 1.165) is 53.2 Å². The number of halogens is 1. The predicted molar refractivity (Wildman–Crippen MR) is 106 cm³/mol. The molecule has 3 aromatic rings. The van der Waals surface area contributed by atoms with E-state index in [9.17, 15) is 0 Å². The van der Waals surface area contributed by atoms with Crippen molar-refractivity contribution in [2.45, 2.75) is 26.4 Å². The van der Waals surface area contributed by atoms with Crippen molar-refractivity contribution in [1.82, 2.24) is 9.97 Å². The first-order valence-electron chi connectivity index (χ1n) is 8.89. The second kappa shape index (κ2) is 7.34. The van der Waals surface area contributed by atoms with Crippen molar-refractivity contribution >= 4 is 17.5 Å². The van der Waals surface area contributed by atoms with E-state index in [4.69, 9.17) is 26.3 Å². The molecule has 0 bridgehead atoms. The van der Waals surface area contributed by atoms with E-state index >= 15 is 0 Å². The average Bonchev–Trinajstić information content (AvgIpc) is 2.67. The maximum absolute atomic E-state index is 6.21. The van der Waals surface area contributed by atoms with Gasteiger partial charge in [-0.15, -0.1) is 0 Å². The molecule has 4 rings (SSSR count). The van der Waals surface area contributed by atoms with Gasteiger partial charge in [-0.2, -0.15) is 0 Å². The Morgan fingerprint density at radius 1 is 1.08 bits per heavy atom. The molecule has 132 valence electrons. The molecule has 2 aromatic carbocycles. The van der Waals surface area contributed by atoms with Crippen LogP contribution >= 0.6 is 11.6 Å². The summed E-state index contributed by atoms with van der Waals surface area (Å²) >= 11 is 6.21. The van der Waals surface area contributed by atoms with Crippen molar-refractivity contribution < 1.29 is 4.74 Å². The second-order valence-electron chi connectivity index (χ2n) is 6.30. The zero-order chi connectivity index (χ0) is 17.9. The fourth-order valence-corrected chi connectivity index (χ4v) is 3.30. The van der Waals surface area contributed by atoms with E-state index in [2.05, 4.69) is 12.2 Å². The van der Waals surface area contributed by atoms with Gasteiger partial charge in [0, 0.05) is 28.3 Å². The molecule has 1 aromatic heterocycles.